The van der Waals surface area contributed by atoms with Crippen molar-refractivity contribution in [2.75, 3.05) is 5.32 Å². The number of fused-ring (bicyclic) bond motifs is 1. The third-order valence-corrected chi connectivity index (χ3v) is 3.75. The van der Waals surface area contributed by atoms with Crippen LogP contribution in [-0.2, 0) is 4.79 Å². The highest BCUT2D eigenvalue weighted by Gasteiger charge is 2.14. The summed E-state index contributed by atoms with van der Waals surface area (Å²) in [5, 5.41) is 15.1. The molecule has 4 rings (SSSR count). The van der Waals surface area contributed by atoms with Gasteiger partial charge < -0.3 is 10.1 Å². The second-order valence-corrected chi connectivity index (χ2v) is 5.75. The molecule has 0 bridgehead atoms. The number of ether oxygens (including phenoxy) is 1. The van der Waals surface area contributed by atoms with Gasteiger partial charge in [-0.05, 0) is 42.5 Å². The fraction of sp³-hybridized carbons (Fsp3) is 0.0526. The van der Waals surface area contributed by atoms with Crippen molar-refractivity contribution in [3.63, 3.8) is 0 Å². The summed E-state index contributed by atoms with van der Waals surface area (Å²) in [4.78, 5) is 11.1. The lowest BCUT2D eigenvalue weighted by atomic mass is 10.2. The number of hydrogen-bond donors (Lipinski definition) is 1. The van der Waals surface area contributed by atoms with Crippen molar-refractivity contribution in [2.45, 2.75) is 6.92 Å². The lowest BCUT2D eigenvalue weighted by Crippen LogP contribution is -2.05. The fourth-order valence-electron chi connectivity index (χ4n) is 2.57. The zero-order valence-electron chi connectivity index (χ0n) is 14.3. The molecule has 0 saturated heterocycles. The Balaban J connectivity index is 1.64. The van der Waals surface area contributed by atoms with E-state index in [1.54, 1.807) is 54.6 Å². The Kier molecular flexibility index (Phi) is 4.21. The summed E-state index contributed by atoms with van der Waals surface area (Å²) in [6.45, 7) is 1.44. The molecule has 2 heterocycles. The van der Waals surface area contributed by atoms with Crippen LogP contribution in [0.5, 0.6) is 11.6 Å². The van der Waals surface area contributed by atoms with E-state index in [1.165, 1.54) is 17.5 Å². The number of rotatable bonds is 4. The molecule has 134 valence electrons. The molecule has 0 fully saturated rings. The Labute approximate surface area is 153 Å². The van der Waals surface area contributed by atoms with Crippen molar-refractivity contribution in [2.24, 2.45) is 0 Å². The standard InChI is InChI=1S/C19H14FN5O2/c1-12(26)21-13-6-8-14(9-7-13)27-18-11-10-17-22-23-19(25(17)24-18)15-4-2-3-5-16(15)20/h2-11H,1H3,(H,21,26). The van der Waals surface area contributed by atoms with Gasteiger partial charge in [0.05, 0.1) is 5.56 Å². The van der Waals surface area contributed by atoms with E-state index in [0.717, 1.165) is 0 Å². The topological polar surface area (TPSA) is 81.4 Å². The Bertz CT molecular complexity index is 1120. The highest BCUT2D eigenvalue weighted by molar-refractivity contribution is 5.88. The molecule has 0 atom stereocenters. The van der Waals surface area contributed by atoms with Gasteiger partial charge in [-0.3, -0.25) is 4.79 Å². The van der Waals surface area contributed by atoms with Crippen LogP contribution in [0.1, 0.15) is 6.92 Å². The smallest absolute Gasteiger partial charge is 0.237 e. The van der Waals surface area contributed by atoms with Crippen LogP contribution in [0, 0.1) is 5.82 Å². The number of benzene rings is 2. The number of nitrogens with zero attached hydrogens (tertiary/aromatic N) is 4. The van der Waals surface area contributed by atoms with Crippen molar-refractivity contribution >= 4 is 17.2 Å². The molecule has 0 spiro atoms. The van der Waals surface area contributed by atoms with Crippen LogP contribution >= 0.6 is 0 Å². The van der Waals surface area contributed by atoms with Crippen LogP contribution < -0.4 is 10.1 Å². The summed E-state index contributed by atoms with van der Waals surface area (Å²) < 4.78 is 21.3. The Morgan fingerprint density at radius 1 is 1.04 bits per heavy atom. The van der Waals surface area contributed by atoms with Gasteiger partial charge in [0.25, 0.3) is 0 Å². The third kappa shape index (κ3) is 3.45. The van der Waals surface area contributed by atoms with Crippen LogP contribution in [-0.4, -0.2) is 25.7 Å². The highest BCUT2D eigenvalue weighted by atomic mass is 19.1. The Morgan fingerprint density at radius 2 is 1.81 bits per heavy atom. The van der Waals surface area contributed by atoms with Crippen LogP contribution in [0.4, 0.5) is 10.1 Å². The first-order chi connectivity index (χ1) is 13.1. The predicted octanol–water partition coefficient (Wildman–Crippen LogP) is 3.68. The molecular weight excluding hydrogens is 349 g/mol. The molecule has 27 heavy (non-hydrogen) atoms. The van der Waals surface area contributed by atoms with Gasteiger partial charge in [-0.25, -0.2) is 4.39 Å². The first-order valence-electron chi connectivity index (χ1n) is 8.13. The van der Waals surface area contributed by atoms with Crippen molar-refractivity contribution in [1.29, 1.82) is 0 Å². The number of aromatic nitrogens is 4. The van der Waals surface area contributed by atoms with E-state index in [2.05, 4.69) is 20.6 Å². The van der Waals surface area contributed by atoms with Gasteiger partial charge in [-0.1, -0.05) is 12.1 Å². The zero-order chi connectivity index (χ0) is 18.8. The molecule has 4 aromatic rings. The zero-order valence-corrected chi connectivity index (χ0v) is 14.3. The molecule has 1 N–H and O–H groups in total. The van der Waals surface area contributed by atoms with Gasteiger partial charge in [0.15, 0.2) is 11.5 Å². The number of carbonyl (C=O) groups is 1. The monoisotopic (exact) mass is 363 g/mol. The predicted molar refractivity (Wildman–Crippen MR) is 97.0 cm³/mol. The van der Waals surface area contributed by atoms with Gasteiger partial charge in [-0.2, -0.15) is 4.52 Å². The second kappa shape index (κ2) is 6.83. The number of amides is 1. The maximum Gasteiger partial charge on any atom is 0.237 e. The summed E-state index contributed by atoms with van der Waals surface area (Å²) in [6.07, 6.45) is 0. The fourth-order valence-corrected chi connectivity index (χ4v) is 2.57. The quantitative estimate of drug-likeness (QED) is 0.598. The Morgan fingerprint density at radius 3 is 2.56 bits per heavy atom. The van der Waals surface area contributed by atoms with E-state index >= 15 is 0 Å². The first-order valence-corrected chi connectivity index (χ1v) is 8.13. The van der Waals surface area contributed by atoms with Crippen LogP contribution in [0.2, 0.25) is 0 Å². The molecule has 7 nitrogen and oxygen atoms in total. The molecule has 0 unspecified atom stereocenters. The lowest BCUT2D eigenvalue weighted by Gasteiger charge is -2.07. The van der Waals surface area contributed by atoms with Crippen molar-refractivity contribution in [3.8, 4) is 23.0 Å². The van der Waals surface area contributed by atoms with E-state index in [1.807, 2.05) is 0 Å². The van der Waals surface area contributed by atoms with Crippen molar-refractivity contribution in [3.05, 3.63) is 66.5 Å². The molecule has 0 radical (unpaired) electrons. The summed E-state index contributed by atoms with van der Waals surface area (Å²) >= 11 is 0. The minimum absolute atomic E-state index is 0.149. The van der Waals surface area contributed by atoms with Crippen molar-refractivity contribution in [1.82, 2.24) is 19.8 Å². The van der Waals surface area contributed by atoms with Crippen LogP contribution in [0.25, 0.3) is 17.0 Å². The highest BCUT2D eigenvalue weighted by Crippen LogP contribution is 2.24. The van der Waals surface area contributed by atoms with Gasteiger partial charge >= 0.3 is 0 Å². The molecule has 2 aromatic heterocycles. The summed E-state index contributed by atoms with van der Waals surface area (Å²) in [5.41, 5.74) is 1.44. The molecule has 0 aliphatic heterocycles. The Hall–Kier alpha value is -3.81. The average molecular weight is 363 g/mol. The minimum atomic E-state index is -0.409. The maximum absolute atomic E-state index is 14.1. The summed E-state index contributed by atoms with van der Waals surface area (Å²) in [6, 6.07) is 16.5. The number of anilines is 1. The molecular formula is C19H14FN5O2. The second-order valence-electron chi connectivity index (χ2n) is 5.75. The first kappa shape index (κ1) is 16.6. The van der Waals surface area contributed by atoms with E-state index in [0.29, 0.717) is 28.5 Å². The number of carbonyl (C=O) groups excluding carboxylic acids is 1. The third-order valence-electron chi connectivity index (χ3n) is 3.75. The summed E-state index contributed by atoms with van der Waals surface area (Å²) in [7, 11) is 0. The number of nitrogens with one attached hydrogen (secondary N) is 1. The SMILES string of the molecule is CC(=O)Nc1ccc(Oc2ccc3nnc(-c4ccccc4F)n3n2)cc1. The maximum atomic E-state index is 14.1. The summed E-state index contributed by atoms with van der Waals surface area (Å²) in [5.74, 6) is 0.566. The largest absolute Gasteiger partial charge is 0.438 e. The molecule has 0 saturated carbocycles. The average Bonchev–Trinajstić information content (AvgIpc) is 3.06. The van der Waals surface area contributed by atoms with Crippen LogP contribution in [0.3, 0.4) is 0 Å². The normalized spacial score (nSPS) is 10.7. The molecule has 1 amide bonds. The molecule has 0 aliphatic rings. The molecule has 0 aliphatic carbocycles. The molecule has 8 heteroatoms. The van der Waals surface area contributed by atoms with Crippen molar-refractivity contribution < 1.29 is 13.9 Å². The van der Waals surface area contributed by atoms with Gasteiger partial charge in [0.1, 0.15) is 11.6 Å². The minimum Gasteiger partial charge on any atom is -0.438 e. The lowest BCUT2D eigenvalue weighted by molar-refractivity contribution is -0.114. The van der Waals surface area contributed by atoms with Gasteiger partial charge in [0, 0.05) is 18.7 Å². The van der Waals surface area contributed by atoms with Crippen LogP contribution in [0.15, 0.2) is 60.7 Å². The molecule has 2 aromatic carbocycles. The van der Waals surface area contributed by atoms with E-state index in [-0.39, 0.29) is 11.7 Å². The van der Waals surface area contributed by atoms with Gasteiger partial charge in [0.2, 0.25) is 11.8 Å². The van der Waals surface area contributed by atoms with E-state index in [9.17, 15) is 9.18 Å². The number of halogens is 1. The van der Waals surface area contributed by atoms with E-state index in [4.69, 9.17) is 4.74 Å². The number of hydrogen-bond acceptors (Lipinski definition) is 5. The van der Waals surface area contributed by atoms with E-state index < -0.39 is 5.82 Å². The van der Waals surface area contributed by atoms with Gasteiger partial charge in [-0.15, -0.1) is 15.3 Å².